The van der Waals surface area contributed by atoms with Gasteiger partial charge in [0.25, 0.3) is 0 Å². The molecule has 0 fully saturated rings. The lowest BCUT2D eigenvalue weighted by molar-refractivity contribution is 0.285. The minimum absolute atomic E-state index is 0.499. The first-order valence-electron chi connectivity index (χ1n) is 10.4. The van der Waals surface area contributed by atoms with Gasteiger partial charge in [-0.05, 0) is 52.1 Å². The minimum atomic E-state index is 0.499. The van der Waals surface area contributed by atoms with Crippen LogP contribution in [0.5, 0.6) is 11.5 Å². The lowest BCUT2D eigenvalue weighted by Crippen LogP contribution is -2.03. The molecule has 1 N–H and O–H groups in total. The molecule has 30 heavy (non-hydrogen) atoms. The van der Waals surface area contributed by atoms with Crippen molar-refractivity contribution >= 4 is 16.5 Å². The molecule has 3 nitrogen and oxygen atoms in total. The molecule has 3 heteroatoms. The van der Waals surface area contributed by atoms with E-state index in [9.17, 15) is 0 Å². The molecule has 4 aromatic rings. The summed E-state index contributed by atoms with van der Waals surface area (Å²) in [4.78, 5) is 0. The number of hydrogen-bond donors (Lipinski definition) is 1. The molecule has 0 aliphatic rings. The molecule has 4 rings (SSSR count). The number of ether oxygens (including phenoxy) is 2. The van der Waals surface area contributed by atoms with Crippen molar-refractivity contribution in [3.63, 3.8) is 0 Å². The first kappa shape index (κ1) is 19.8. The highest BCUT2D eigenvalue weighted by Gasteiger charge is 2.08. The van der Waals surface area contributed by atoms with E-state index in [0.717, 1.165) is 35.6 Å². The Labute approximate surface area is 178 Å². The van der Waals surface area contributed by atoms with Gasteiger partial charge in [-0.1, -0.05) is 73.7 Å². The maximum absolute atomic E-state index is 6.13. The van der Waals surface area contributed by atoms with Crippen LogP contribution in [-0.2, 0) is 19.6 Å². The summed E-state index contributed by atoms with van der Waals surface area (Å²) < 4.78 is 11.7. The average Bonchev–Trinajstić information content (AvgIpc) is 2.81. The Hall–Kier alpha value is -3.46. The molecule has 0 aliphatic heterocycles. The van der Waals surface area contributed by atoms with Crippen LogP contribution < -0.4 is 14.8 Å². The third-order valence-electron chi connectivity index (χ3n) is 5.37. The molecule has 0 heterocycles. The Balaban J connectivity index is 1.47. The normalized spacial score (nSPS) is 10.7. The molecule has 0 bridgehead atoms. The Bertz CT molecular complexity index is 1130. The summed E-state index contributed by atoms with van der Waals surface area (Å²) in [5.41, 5.74) is 4.81. The highest BCUT2D eigenvalue weighted by molar-refractivity contribution is 5.85. The van der Waals surface area contributed by atoms with Gasteiger partial charge in [-0.2, -0.15) is 0 Å². The zero-order chi connectivity index (χ0) is 20.8. The second kappa shape index (κ2) is 9.36. The van der Waals surface area contributed by atoms with Crippen LogP contribution in [0.4, 0.5) is 5.69 Å². The van der Waals surface area contributed by atoms with E-state index in [4.69, 9.17) is 9.47 Å². The fourth-order valence-electron chi connectivity index (χ4n) is 3.71. The zero-order valence-corrected chi connectivity index (χ0v) is 17.5. The van der Waals surface area contributed by atoms with Crippen LogP contribution in [0.15, 0.2) is 84.9 Å². The van der Waals surface area contributed by atoms with E-state index in [1.165, 1.54) is 22.0 Å². The number of rotatable bonds is 8. The third-order valence-corrected chi connectivity index (χ3v) is 5.37. The number of methoxy groups -OCH3 is 1. The van der Waals surface area contributed by atoms with Crippen molar-refractivity contribution in [2.75, 3.05) is 12.4 Å². The van der Waals surface area contributed by atoms with Crippen molar-refractivity contribution < 1.29 is 9.47 Å². The van der Waals surface area contributed by atoms with Crippen LogP contribution in [0.1, 0.15) is 23.6 Å². The zero-order valence-electron chi connectivity index (χ0n) is 17.5. The number of benzene rings is 4. The van der Waals surface area contributed by atoms with E-state index in [2.05, 4.69) is 85.0 Å². The summed E-state index contributed by atoms with van der Waals surface area (Å²) in [5, 5.41) is 5.97. The molecule has 4 aromatic carbocycles. The predicted molar refractivity (Wildman–Crippen MR) is 124 cm³/mol. The number of fused-ring (bicyclic) bond motifs is 1. The van der Waals surface area contributed by atoms with Gasteiger partial charge in [0, 0.05) is 12.2 Å². The SMILES string of the molecule is CCc1ccccc1NCc1ccc(OCc2cccc3ccccc23)c(OC)c1. The largest absolute Gasteiger partial charge is 0.493 e. The Kier molecular flexibility index (Phi) is 6.19. The highest BCUT2D eigenvalue weighted by atomic mass is 16.5. The topological polar surface area (TPSA) is 30.5 Å². The molecular weight excluding hydrogens is 370 g/mol. The van der Waals surface area contributed by atoms with Crippen molar-refractivity contribution in [1.29, 1.82) is 0 Å². The molecular formula is C27H27NO2. The smallest absolute Gasteiger partial charge is 0.161 e. The monoisotopic (exact) mass is 397 g/mol. The molecule has 0 amide bonds. The molecule has 0 aromatic heterocycles. The fourth-order valence-corrected chi connectivity index (χ4v) is 3.71. The standard InChI is InChI=1S/C27H27NO2/c1-3-21-9-5-7-14-25(21)28-18-20-15-16-26(27(17-20)29-2)30-19-23-12-8-11-22-10-4-6-13-24(22)23/h4-17,28H,3,18-19H2,1-2H3. The van der Waals surface area contributed by atoms with Crippen molar-refractivity contribution in [3.8, 4) is 11.5 Å². The highest BCUT2D eigenvalue weighted by Crippen LogP contribution is 2.30. The first-order valence-corrected chi connectivity index (χ1v) is 10.4. The third kappa shape index (κ3) is 4.41. The Morgan fingerprint density at radius 2 is 1.53 bits per heavy atom. The van der Waals surface area contributed by atoms with Gasteiger partial charge in [-0.3, -0.25) is 0 Å². The lowest BCUT2D eigenvalue weighted by Gasteiger charge is -2.15. The summed E-state index contributed by atoms with van der Waals surface area (Å²) in [6, 6.07) is 29.2. The average molecular weight is 398 g/mol. The maximum Gasteiger partial charge on any atom is 0.161 e. The van der Waals surface area contributed by atoms with E-state index in [-0.39, 0.29) is 0 Å². The lowest BCUT2D eigenvalue weighted by atomic mass is 10.1. The van der Waals surface area contributed by atoms with Gasteiger partial charge in [0.1, 0.15) is 6.61 Å². The van der Waals surface area contributed by atoms with E-state index in [1.54, 1.807) is 7.11 Å². The van der Waals surface area contributed by atoms with Gasteiger partial charge >= 0.3 is 0 Å². The molecule has 0 saturated heterocycles. The van der Waals surface area contributed by atoms with Gasteiger partial charge in [-0.15, -0.1) is 0 Å². The summed E-state index contributed by atoms with van der Waals surface area (Å²) in [5.74, 6) is 1.50. The summed E-state index contributed by atoms with van der Waals surface area (Å²) in [6.07, 6.45) is 1.01. The first-order chi connectivity index (χ1) is 14.8. The van der Waals surface area contributed by atoms with Crippen LogP contribution in [0.2, 0.25) is 0 Å². The fraction of sp³-hybridized carbons (Fsp3) is 0.185. The van der Waals surface area contributed by atoms with Gasteiger partial charge in [-0.25, -0.2) is 0 Å². The Morgan fingerprint density at radius 3 is 2.40 bits per heavy atom. The molecule has 0 unspecified atom stereocenters. The molecule has 152 valence electrons. The van der Waals surface area contributed by atoms with Crippen molar-refractivity contribution in [2.24, 2.45) is 0 Å². The number of hydrogen-bond acceptors (Lipinski definition) is 3. The van der Waals surface area contributed by atoms with Gasteiger partial charge < -0.3 is 14.8 Å². The number of aryl methyl sites for hydroxylation is 1. The van der Waals surface area contributed by atoms with Crippen molar-refractivity contribution in [3.05, 3.63) is 102 Å². The van der Waals surface area contributed by atoms with E-state index >= 15 is 0 Å². The number of nitrogens with one attached hydrogen (secondary N) is 1. The minimum Gasteiger partial charge on any atom is -0.493 e. The summed E-state index contributed by atoms with van der Waals surface area (Å²) >= 11 is 0. The molecule has 0 atom stereocenters. The van der Waals surface area contributed by atoms with E-state index < -0.39 is 0 Å². The van der Waals surface area contributed by atoms with Gasteiger partial charge in [0.05, 0.1) is 7.11 Å². The molecule has 0 spiro atoms. The number of para-hydroxylation sites is 1. The van der Waals surface area contributed by atoms with Crippen LogP contribution in [0.25, 0.3) is 10.8 Å². The van der Waals surface area contributed by atoms with Crippen molar-refractivity contribution in [1.82, 2.24) is 0 Å². The number of anilines is 1. The second-order valence-corrected chi connectivity index (χ2v) is 7.28. The summed E-state index contributed by atoms with van der Waals surface area (Å²) in [6.45, 7) is 3.40. The molecule has 0 aliphatic carbocycles. The van der Waals surface area contributed by atoms with E-state index in [1.807, 2.05) is 12.1 Å². The van der Waals surface area contributed by atoms with Crippen LogP contribution in [0, 0.1) is 0 Å². The second-order valence-electron chi connectivity index (χ2n) is 7.28. The van der Waals surface area contributed by atoms with Crippen LogP contribution in [0.3, 0.4) is 0 Å². The van der Waals surface area contributed by atoms with Gasteiger partial charge in [0.2, 0.25) is 0 Å². The van der Waals surface area contributed by atoms with Crippen LogP contribution >= 0.6 is 0 Å². The summed E-state index contributed by atoms with van der Waals surface area (Å²) in [7, 11) is 1.68. The molecule has 0 radical (unpaired) electrons. The van der Waals surface area contributed by atoms with Gasteiger partial charge in [0.15, 0.2) is 11.5 Å². The quantitative estimate of drug-likeness (QED) is 0.363. The Morgan fingerprint density at radius 1 is 0.767 bits per heavy atom. The molecule has 0 saturated carbocycles. The van der Waals surface area contributed by atoms with E-state index in [0.29, 0.717) is 6.61 Å². The van der Waals surface area contributed by atoms with Crippen molar-refractivity contribution in [2.45, 2.75) is 26.5 Å². The predicted octanol–water partition coefficient (Wildman–Crippen LogP) is 6.60. The van der Waals surface area contributed by atoms with Crippen LogP contribution in [-0.4, -0.2) is 7.11 Å². The maximum atomic E-state index is 6.13.